The van der Waals surface area contributed by atoms with Crippen molar-refractivity contribution in [3.05, 3.63) is 29.3 Å². The van der Waals surface area contributed by atoms with Crippen LogP contribution < -0.4 is 5.32 Å². The molecule has 1 heterocycles. The highest BCUT2D eigenvalue weighted by Crippen LogP contribution is 2.30. The Balaban J connectivity index is 1.96. The molecule has 0 aromatic heterocycles. The van der Waals surface area contributed by atoms with Gasteiger partial charge in [0.1, 0.15) is 0 Å². The minimum Gasteiger partial charge on any atom is -0.339 e. The van der Waals surface area contributed by atoms with Crippen molar-refractivity contribution in [1.29, 1.82) is 0 Å². The Labute approximate surface area is 117 Å². The summed E-state index contributed by atoms with van der Waals surface area (Å²) in [7, 11) is 0. The Morgan fingerprint density at radius 2 is 2.06 bits per heavy atom. The van der Waals surface area contributed by atoms with Gasteiger partial charge in [-0.15, -0.1) is 11.8 Å². The molecule has 1 N–H and O–H groups in total. The number of amides is 1. The number of nitrogens with one attached hydrogen (secondary N) is 1. The summed E-state index contributed by atoms with van der Waals surface area (Å²) in [5.41, 5.74) is 0. The van der Waals surface area contributed by atoms with Crippen molar-refractivity contribution in [2.24, 2.45) is 0 Å². The standard InChI is InChI=1S/C13H17ClN2OS/c1-10(13(17)16-8-6-15-7-9-16)18-12-5-3-2-4-11(12)14/h2-5,10,15H,6-9H2,1H3. The lowest BCUT2D eigenvalue weighted by molar-refractivity contribution is -0.130. The van der Waals surface area contributed by atoms with E-state index in [2.05, 4.69) is 5.32 Å². The summed E-state index contributed by atoms with van der Waals surface area (Å²) < 4.78 is 0. The molecule has 0 bridgehead atoms. The molecule has 3 nitrogen and oxygen atoms in total. The fourth-order valence-corrected chi connectivity index (χ4v) is 3.16. The third-order valence-corrected chi connectivity index (χ3v) is 4.52. The maximum atomic E-state index is 12.2. The highest BCUT2D eigenvalue weighted by Gasteiger charge is 2.23. The van der Waals surface area contributed by atoms with E-state index >= 15 is 0 Å². The molecule has 98 valence electrons. The first kappa shape index (κ1) is 13.7. The van der Waals surface area contributed by atoms with Crippen molar-refractivity contribution in [1.82, 2.24) is 10.2 Å². The average molecular weight is 285 g/mol. The molecule has 1 unspecified atom stereocenters. The van der Waals surface area contributed by atoms with Crippen LogP contribution in [0, 0.1) is 0 Å². The van der Waals surface area contributed by atoms with Crippen LogP contribution in [-0.4, -0.2) is 42.2 Å². The molecule has 1 aromatic rings. The maximum absolute atomic E-state index is 12.2. The van der Waals surface area contributed by atoms with Gasteiger partial charge in [0.15, 0.2) is 0 Å². The van der Waals surface area contributed by atoms with E-state index in [1.54, 1.807) is 0 Å². The van der Waals surface area contributed by atoms with Crippen LogP contribution in [0.2, 0.25) is 5.02 Å². The Morgan fingerprint density at radius 3 is 2.72 bits per heavy atom. The lowest BCUT2D eigenvalue weighted by Gasteiger charge is -2.29. The third-order valence-electron chi connectivity index (χ3n) is 2.92. The van der Waals surface area contributed by atoms with E-state index in [-0.39, 0.29) is 11.2 Å². The van der Waals surface area contributed by atoms with Crippen molar-refractivity contribution in [2.45, 2.75) is 17.1 Å². The summed E-state index contributed by atoms with van der Waals surface area (Å²) in [6.45, 7) is 5.31. The average Bonchev–Trinajstić information content (AvgIpc) is 2.41. The predicted octanol–water partition coefficient (Wildman–Crippen LogP) is 2.25. The fraction of sp³-hybridized carbons (Fsp3) is 0.462. The van der Waals surface area contributed by atoms with Crippen LogP contribution in [-0.2, 0) is 4.79 Å². The van der Waals surface area contributed by atoms with E-state index in [1.165, 1.54) is 11.8 Å². The van der Waals surface area contributed by atoms with Gasteiger partial charge in [-0.3, -0.25) is 4.79 Å². The number of benzene rings is 1. The van der Waals surface area contributed by atoms with E-state index in [0.29, 0.717) is 5.02 Å². The van der Waals surface area contributed by atoms with Crippen molar-refractivity contribution in [2.75, 3.05) is 26.2 Å². The summed E-state index contributed by atoms with van der Waals surface area (Å²) in [6, 6.07) is 7.64. The van der Waals surface area contributed by atoms with E-state index in [9.17, 15) is 4.79 Å². The first-order valence-electron chi connectivity index (χ1n) is 6.09. The summed E-state index contributed by atoms with van der Waals surface area (Å²) in [5.74, 6) is 0.196. The van der Waals surface area contributed by atoms with Gasteiger partial charge >= 0.3 is 0 Å². The van der Waals surface area contributed by atoms with Crippen molar-refractivity contribution in [3.8, 4) is 0 Å². The summed E-state index contributed by atoms with van der Waals surface area (Å²) in [4.78, 5) is 15.1. The molecule has 0 spiro atoms. The first-order valence-corrected chi connectivity index (χ1v) is 7.35. The second kappa shape index (κ2) is 6.45. The van der Waals surface area contributed by atoms with Gasteiger partial charge in [0, 0.05) is 31.1 Å². The lowest BCUT2D eigenvalue weighted by atomic mass is 10.3. The van der Waals surface area contributed by atoms with Crippen molar-refractivity contribution < 1.29 is 4.79 Å². The predicted molar refractivity (Wildman–Crippen MR) is 76.2 cm³/mol. The number of hydrogen-bond acceptors (Lipinski definition) is 3. The smallest absolute Gasteiger partial charge is 0.235 e. The molecule has 0 saturated carbocycles. The number of piperazine rings is 1. The number of carbonyl (C=O) groups excluding carboxylic acids is 1. The third kappa shape index (κ3) is 3.40. The molecule has 5 heteroatoms. The lowest BCUT2D eigenvalue weighted by Crippen LogP contribution is -2.48. The Morgan fingerprint density at radius 1 is 1.39 bits per heavy atom. The maximum Gasteiger partial charge on any atom is 0.235 e. The quantitative estimate of drug-likeness (QED) is 0.864. The van der Waals surface area contributed by atoms with Gasteiger partial charge in [-0.05, 0) is 19.1 Å². The number of thioether (sulfide) groups is 1. The molecule has 1 fully saturated rings. The highest BCUT2D eigenvalue weighted by atomic mass is 35.5. The largest absolute Gasteiger partial charge is 0.339 e. The van der Waals surface area contributed by atoms with Crippen LogP contribution >= 0.6 is 23.4 Å². The van der Waals surface area contributed by atoms with Crippen LogP contribution in [0.15, 0.2) is 29.2 Å². The molecule has 1 saturated heterocycles. The second-order valence-corrected chi connectivity index (χ2v) is 6.06. The SMILES string of the molecule is CC(Sc1ccccc1Cl)C(=O)N1CCNCC1. The first-order chi connectivity index (χ1) is 8.68. The number of rotatable bonds is 3. The number of nitrogens with zero attached hydrogens (tertiary/aromatic N) is 1. The zero-order chi connectivity index (χ0) is 13.0. The number of carbonyl (C=O) groups is 1. The van der Waals surface area contributed by atoms with Crippen LogP contribution in [0.5, 0.6) is 0 Å². The minimum atomic E-state index is -0.0944. The van der Waals surface area contributed by atoms with Gasteiger partial charge in [0.2, 0.25) is 5.91 Å². The topological polar surface area (TPSA) is 32.3 Å². The molecule has 1 atom stereocenters. The minimum absolute atomic E-state index is 0.0944. The van der Waals surface area contributed by atoms with E-state index in [1.807, 2.05) is 36.1 Å². The Hall–Kier alpha value is -0.710. The van der Waals surface area contributed by atoms with Gasteiger partial charge < -0.3 is 10.2 Å². The monoisotopic (exact) mass is 284 g/mol. The molecule has 1 aromatic carbocycles. The molecule has 1 aliphatic rings. The molecular formula is C13H17ClN2OS. The van der Waals surface area contributed by atoms with Gasteiger partial charge in [-0.1, -0.05) is 23.7 Å². The Bertz CT molecular complexity index is 421. The highest BCUT2D eigenvalue weighted by molar-refractivity contribution is 8.00. The summed E-state index contributed by atoms with van der Waals surface area (Å²) in [5, 5.41) is 3.86. The fourth-order valence-electron chi connectivity index (χ4n) is 1.92. The normalized spacial score (nSPS) is 17.6. The van der Waals surface area contributed by atoms with Gasteiger partial charge in [-0.25, -0.2) is 0 Å². The second-order valence-electron chi connectivity index (χ2n) is 4.27. The zero-order valence-electron chi connectivity index (χ0n) is 10.4. The van der Waals surface area contributed by atoms with Gasteiger partial charge in [0.05, 0.1) is 10.3 Å². The van der Waals surface area contributed by atoms with Gasteiger partial charge in [-0.2, -0.15) is 0 Å². The van der Waals surface area contributed by atoms with E-state index in [0.717, 1.165) is 31.1 Å². The molecular weight excluding hydrogens is 268 g/mol. The molecule has 1 aliphatic heterocycles. The van der Waals surface area contributed by atoms with Crippen LogP contribution in [0.4, 0.5) is 0 Å². The van der Waals surface area contributed by atoms with Crippen LogP contribution in [0.1, 0.15) is 6.92 Å². The van der Waals surface area contributed by atoms with Gasteiger partial charge in [0.25, 0.3) is 0 Å². The van der Waals surface area contributed by atoms with Crippen molar-refractivity contribution >= 4 is 29.3 Å². The molecule has 2 rings (SSSR count). The van der Waals surface area contributed by atoms with E-state index < -0.39 is 0 Å². The van der Waals surface area contributed by atoms with Crippen molar-refractivity contribution in [3.63, 3.8) is 0 Å². The molecule has 0 radical (unpaired) electrons. The molecule has 0 aliphatic carbocycles. The van der Waals surface area contributed by atoms with Crippen LogP contribution in [0.25, 0.3) is 0 Å². The number of hydrogen-bond donors (Lipinski definition) is 1. The van der Waals surface area contributed by atoms with E-state index in [4.69, 9.17) is 11.6 Å². The summed E-state index contributed by atoms with van der Waals surface area (Å²) in [6.07, 6.45) is 0. The molecule has 18 heavy (non-hydrogen) atoms. The molecule has 1 amide bonds. The zero-order valence-corrected chi connectivity index (χ0v) is 11.9. The summed E-state index contributed by atoms with van der Waals surface area (Å²) >= 11 is 7.63. The number of halogens is 1. The Kier molecular flexibility index (Phi) is 4.92. The van der Waals surface area contributed by atoms with Crippen LogP contribution in [0.3, 0.4) is 0 Å².